The number of anilines is 2. The number of ether oxygens (including phenoxy) is 2. The number of pyridine rings is 1. The molecule has 0 unspecified atom stereocenters. The SMILES string of the molecule is CCCNC(=O)c1ccc(Nc2ccc3c(c2)OCO3)cn1. The van der Waals surface area contributed by atoms with Crippen molar-refractivity contribution in [3.8, 4) is 11.5 Å². The normalized spacial score (nSPS) is 12.0. The Morgan fingerprint density at radius 3 is 2.77 bits per heavy atom. The van der Waals surface area contributed by atoms with E-state index in [1.54, 1.807) is 12.3 Å². The second kappa shape index (κ2) is 6.34. The summed E-state index contributed by atoms with van der Waals surface area (Å²) in [7, 11) is 0. The van der Waals surface area contributed by atoms with Crippen molar-refractivity contribution >= 4 is 17.3 Å². The van der Waals surface area contributed by atoms with E-state index in [-0.39, 0.29) is 12.7 Å². The van der Waals surface area contributed by atoms with E-state index in [0.29, 0.717) is 18.0 Å². The first-order chi connectivity index (χ1) is 10.8. The molecule has 2 N–H and O–H groups in total. The summed E-state index contributed by atoms with van der Waals surface area (Å²) >= 11 is 0. The molecule has 0 bridgehead atoms. The zero-order chi connectivity index (χ0) is 15.4. The first-order valence-corrected chi connectivity index (χ1v) is 7.17. The molecule has 114 valence electrons. The summed E-state index contributed by atoms with van der Waals surface area (Å²) in [6, 6.07) is 9.13. The predicted molar refractivity (Wildman–Crippen MR) is 82.7 cm³/mol. The molecule has 0 atom stereocenters. The second-order valence-electron chi connectivity index (χ2n) is 4.88. The molecule has 0 spiro atoms. The van der Waals surface area contributed by atoms with E-state index < -0.39 is 0 Å². The van der Waals surface area contributed by atoms with Crippen LogP contribution in [-0.2, 0) is 0 Å². The minimum atomic E-state index is -0.156. The van der Waals surface area contributed by atoms with E-state index in [4.69, 9.17) is 9.47 Å². The molecule has 2 heterocycles. The average Bonchev–Trinajstić information content (AvgIpc) is 3.01. The number of nitrogens with one attached hydrogen (secondary N) is 2. The van der Waals surface area contributed by atoms with Crippen molar-refractivity contribution < 1.29 is 14.3 Å². The Balaban J connectivity index is 1.67. The summed E-state index contributed by atoms with van der Waals surface area (Å²) < 4.78 is 10.6. The van der Waals surface area contributed by atoms with E-state index in [9.17, 15) is 4.79 Å². The number of hydrogen-bond acceptors (Lipinski definition) is 5. The highest BCUT2D eigenvalue weighted by molar-refractivity contribution is 5.92. The van der Waals surface area contributed by atoms with Gasteiger partial charge >= 0.3 is 0 Å². The molecule has 0 saturated heterocycles. The number of rotatable bonds is 5. The number of carbonyl (C=O) groups is 1. The zero-order valence-electron chi connectivity index (χ0n) is 12.3. The standard InChI is InChI=1S/C16H17N3O3/c1-2-7-17-16(20)13-5-3-12(9-18-13)19-11-4-6-14-15(8-11)22-10-21-14/h3-6,8-9,19H,2,7,10H2,1H3,(H,17,20). The molecule has 3 rings (SSSR count). The highest BCUT2D eigenvalue weighted by Gasteiger charge is 2.13. The molecule has 6 nitrogen and oxygen atoms in total. The van der Waals surface area contributed by atoms with Crippen LogP contribution in [0.5, 0.6) is 11.5 Å². The van der Waals surface area contributed by atoms with Gasteiger partial charge in [0.25, 0.3) is 5.91 Å². The zero-order valence-corrected chi connectivity index (χ0v) is 12.3. The van der Waals surface area contributed by atoms with E-state index in [2.05, 4.69) is 15.6 Å². The highest BCUT2D eigenvalue weighted by Crippen LogP contribution is 2.34. The molecule has 2 aromatic rings. The molecule has 0 aliphatic carbocycles. The quantitative estimate of drug-likeness (QED) is 0.888. The summed E-state index contributed by atoms with van der Waals surface area (Å²) in [4.78, 5) is 15.9. The third-order valence-corrected chi connectivity index (χ3v) is 3.19. The summed E-state index contributed by atoms with van der Waals surface area (Å²) in [6.07, 6.45) is 2.53. The van der Waals surface area contributed by atoms with E-state index in [1.807, 2.05) is 31.2 Å². The maximum Gasteiger partial charge on any atom is 0.269 e. The summed E-state index contributed by atoms with van der Waals surface area (Å²) in [5.74, 6) is 1.30. The van der Waals surface area contributed by atoms with Crippen LogP contribution in [0, 0.1) is 0 Å². The molecule has 22 heavy (non-hydrogen) atoms. The van der Waals surface area contributed by atoms with E-state index in [1.165, 1.54) is 0 Å². The lowest BCUT2D eigenvalue weighted by Gasteiger charge is -2.08. The van der Waals surface area contributed by atoms with Gasteiger partial charge in [0.1, 0.15) is 5.69 Å². The summed E-state index contributed by atoms with van der Waals surface area (Å²) in [6.45, 7) is 2.91. The second-order valence-corrected chi connectivity index (χ2v) is 4.88. The van der Waals surface area contributed by atoms with Gasteiger partial charge in [0.2, 0.25) is 6.79 Å². The molecule has 1 aromatic carbocycles. The van der Waals surface area contributed by atoms with E-state index in [0.717, 1.165) is 23.5 Å². The summed E-state index contributed by atoms with van der Waals surface area (Å²) in [5.41, 5.74) is 2.07. The lowest BCUT2D eigenvalue weighted by atomic mass is 10.2. The Labute approximate surface area is 128 Å². The molecular formula is C16H17N3O3. The number of benzene rings is 1. The smallest absolute Gasteiger partial charge is 0.269 e. The van der Waals surface area contributed by atoms with Gasteiger partial charge in [-0.2, -0.15) is 0 Å². The molecule has 0 radical (unpaired) electrons. The van der Waals surface area contributed by atoms with E-state index >= 15 is 0 Å². The number of nitrogens with zero attached hydrogens (tertiary/aromatic N) is 1. The molecule has 1 amide bonds. The number of carbonyl (C=O) groups excluding carboxylic acids is 1. The minimum absolute atomic E-state index is 0.156. The first kappa shape index (κ1) is 14.2. The van der Waals surface area contributed by atoms with Gasteiger partial charge < -0.3 is 20.1 Å². The molecule has 1 aliphatic heterocycles. The van der Waals surface area contributed by atoms with Crippen LogP contribution in [0.3, 0.4) is 0 Å². The van der Waals surface area contributed by atoms with Crippen molar-refractivity contribution in [2.24, 2.45) is 0 Å². The number of aromatic nitrogens is 1. The van der Waals surface area contributed by atoms with Crippen LogP contribution in [0.1, 0.15) is 23.8 Å². The van der Waals surface area contributed by atoms with Crippen molar-refractivity contribution in [3.63, 3.8) is 0 Å². The van der Waals surface area contributed by atoms with Crippen LogP contribution in [0.4, 0.5) is 11.4 Å². The van der Waals surface area contributed by atoms with Crippen LogP contribution in [0.15, 0.2) is 36.5 Å². The molecule has 1 aliphatic rings. The number of fused-ring (bicyclic) bond motifs is 1. The third kappa shape index (κ3) is 3.11. The molecular weight excluding hydrogens is 282 g/mol. The molecule has 6 heteroatoms. The maximum absolute atomic E-state index is 11.8. The summed E-state index contributed by atoms with van der Waals surface area (Å²) in [5, 5.41) is 6.01. The van der Waals surface area contributed by atoms with Crippen molar-refractivity contribution in [1.29, 1.82) is 0 Å². The Bertz CT molecular complexity index is 671. The van der Waals surface area contributed by atoms with Gasteiger partial charge in [-0.05, 0) is 30.7 Å². The minimum Gasteiger partial charge on any atom is -0.454 e. The lowest BCUT2D eigenvalue weighted by Crippen LogP contribution is -2.24. The van der Waals surface area contributed by atoms with Crippen LogP contribution < -0.4 is 20.1 Å². The van der Waals surface area contributed by atoms with Crippen molar-refractivity contribution in [3.05, 3.63) is 42.2 Å². The van der Waals surface area contributed by atoms with Crippen LogP contribution in [-0.4, -0.2) is 24.2 Å². The van der Waals surface area contributed by atoms with Gasteiger partial charge in [-0.1, -0.05) is 6.92 Å². The lowest BCUT2D eigenvalue weighted by molar-refractivity contribution is 0.0948. The van der Waals surface area contributed by atoms with Gasteiger partial charge in [0, 0.05) is 18.3 Å². The topological polar surface area (TPSA) is 72.5 Å². The fourth-order valence-electron chi connectivity index (χ4n) is 2.07. The molecule has 1 aromatic heterocycles. The van der Waals surface area contributed by atoms with Crippen LogP contribution in [0.25, 0.3) is 0 Å². The average molecular weight is 299 g/mol. The predicted octanol–water partition coefficient (Wildman–Crippen LogP) is 2.69. The fraction of sp³-hybridized carbons (Fsp3) is 0.250. The number of hydrogen-bond donors (Lipinski definition) is 2. The highest BCUT2D eigenvalue weighted by atomic mass is 16.7. The van der Waals surface area contributed by atoms with Gasteiger partial charge in [-0.3, -0.25) is 4.79 Å². The largest absolute Gasteiger partial charge is 0.454 e. The third-order valence-electron chi connectivity index (χ3n) is 3.19. The number of amides is 1. The maximum atomic E-state index is 11.8. The Morgan fingerprint density at radius 2 is 2.00 bits per heavy atom. The van der Waals surface area contributed by atoms with Gasteiger partial charge in [-0.25, -0.2) is 4.98 Å². The van der Waals surface area contributed by atoms with Gasteiger partial charge in [-0.15, -0.1) is 0 Å². The van der Waals surface area contributed by atoms with Gasteiger partial charge in [0.05, 0.1) is 11.9 Å². The first-order valence-electron chi connectivity index (χ1n) is 7.17. The molecule has 0 fully saturated rings. The Morgan fingerprint density at radius 1 is 1.18 bits per heavy atom. The fourth-order valence-corrected chi connectivity index (χ4v) is 2.07. The monoisotopic (exact) mass is 299 g/mol. The van der Waals surface area contributed by atoms with Crippen molar-refractivity contribution in [2.75, 3.05) is 18.7 Å². The van der Waals surface area contributed by atoms with Gasteiger partial charge in [0.15, 0.2) is 11.5 Å². The Kier molecular flexibility index (Phi) is 4.09. The molecule has 0 saturated carbocycles. The van der Waals surface area contributed by atoms with Crippen LogP contribution in [0.2, 0.25) is 0 Å². The van der Waals surface area contributed by atoms with Crippen molar-refractivity contribution in [1.82, 2.24) is 10.3 Å². The van der Waals surface area contributed by atoms with Crippen LogP contribution >= 0.6 is 0 Å². The Hall–Kier alpha value is -2.76. The van der Waals surface area contributed by atoms with Crippen molar-refractivity contribution in [2.45, 2.75) is 13.3 Å².